The first-order chi connectivity index (χ1) is 9.24. The molecule has 0 fully saturated rings. The summed E-state index contributed by atoms with van der Waals surface area (Å²) in [5.41, 5.74) is 3.26. The molecule has 3 rings (SSSR count). The second-order valence-electron chi connectivity index (χ2n) is 4.29. The number of H-pyrrole nitrogens is 1. The van der Waals surface area contributed by atoms with E-state index in [-0.39, 0.29) is 0 Å². The van der Waals surface area contributed by atoms with Gasteiger partial charge in [0.05, 0.1) is 16.8 Å². The number of aromatic nitrogens is 4. The Hall–Kier alpha value is -1.82. The molecule has 1 aromatic carbocycles. The number of thioether (sulfide) groups is 1. The van der Waals surface area contributed by atoms with Crippen molar-refractivity contribution >= 4 is 22.8 Å². The predicted molar refractivity (Wildman–Crippen MR) is 74.1 cm³/mol. The van der Waals surface area contributed by atoms with E-state index in [1.807, 2.05) is 13.0 Å². The van der Waals surface area contributed by atoms with E-state index in [4.69, 9.17) is 4.42 Å². The molecular formula is C13H14N4OS. The topological polar surface area (TPSA) is 67.6 Å². The predicted octanol–water partition coefficient (Wildman–Crippen LogP) is 3.11. The number of aromatic amines is 1. The van der Waals surface area contributed by atoms with E-state index >= 15 is 0 Å². The highest BCUT2D eigenvalue weighted by atomic mass is 32.2. The van der Waals surface area contributed by atoms with Gasteiger partial charge in [-0.2, -0.15) is 0 Å². The van der Waals surface area contributed by atoms with Gasteiger partial charge >= 0.3 is 0 Å². The normalized spacial score (nSPS) is 11.3. The number of hydrogen-bond donors (Lipinski definition) is 1. The van der Waals surface area contributed by atoms with Gasteiger partial charge in [0.2, 0.25) is 11.8 Å². The smallest absolute Gasteiger partial charge is 0.226 e. The lowest BCUT2D eigenvalue weighted by molar-refractivity contribution is 0.470. The van der Waals surface area contributed by atoms with Crippen molar-refractivity contribution in [2.45, 2.75) is 31.2 Å². The van der Waals surface area contributed by atoms with Gasteiger partial charge in [-0.3, -0.25) is 0 Å². The highest BCUT2D eigenvalue weighted by Gasteiger charge is 2.08. The first kappa shape index (κ1) is 12.2. The number of fused-ring (bicyclic) bond motifs is 1. The summed E-state index contributed by atoms with van der Waals surface area (Å²) in [5, 5.41) is 8.80. The third-order valence-corrected chi connectivity index (χ3v) is 3.62. The molecule has 0 bridgehead atoms. The lowest BCUT2D eigenvalue weighted by atomic mass is 10.2. The van der Waals surface area contributed by atoms with Gasteiger partial charge in [-0.15, -0.1) is 10.2 Å². The van der Waals surface area contributed by atoms with Crippen molar-refractivity contribution in [3.05, 3.63) is 35.5 Å². The fourth-order valence-corrected chi connectivity index (χ4v) is 2.51. The van der Waals surface area contributed by atoms with E-state index in [0.29, 0.717) is 17.5 Å². The third kappa shape index (κ3) is 2.63. The molecule has 3 aromatic rings. The third-order valence-electron chi connectivity index (χ3n) is 2.76. The Balaban J connectivity index is 1.74. The summed E-state index contributed by atoms with van der Waals surface area (Å²) < 4.78 is 5.46. The molecular weight excluding hydrogens is 260 g/mol. The Kier molecular flexibility index (Phi) is 3.25. The molecule has 2 heterocycles. The number of nitrogens with zero attached hydrogens (tertiary/aromatic N) is 3. The molecule has 0 aliphatic carbocycles. The van der Waals surface area contributed by atoms with Crippen LogP contribution >= 0.6 is 11.8 Å². The van der Waals surface area contributed by atoms with Crippen LogP contribution in [0.3, 0.4) is 0 Å². The minimum absolute atomic E-state index is 0.631. The van der Waals surface area contributed by atoms with Crippen LogP contribution < -0.4 is 0 Å². The standard InChI is InChI=1S/C13H14N4OS/c1-3-11-16-17-12(18-11)7-19-13-14-9-5-4-8(2)6-10(9)15-13/h4-6H,3,7H2,1-2H3,(H,14,15). The second-order valence-corrected chi connectivity index (χ2v) is 5.26. The van der Waals surface area contributed by atoms with E-state index in [1.54, 1.807) is 11.8 Å². The van der Waals surface area contributed by atoms with Gasteiger partial charge in [0, 0.05) is 6.42 Å². The molecule has 1 N–H and O–H groups in total. The van der Waals surface area contributed by atoms with Gasteiger partial charge < -0.3 is 9.40 Å². The summed E-state index contributed by atoms with van der Waals surface area (Å²) >= 11 is 1.57. The average molecular weight is 274 g/mol. The molecule has 0 radical (unpaired) electrons. The Morgan fingerprint density at radius 3 is 2.89 bits per heavy atom. The van der Waals surface area contributed by atoms with Crippen LogP contribution in [0.5, 0.6) is 0 Å². The maximum Gasteiger partial charge on any atom is 0.226 e. The van der Waals surface area contributed by atoms with Crippen LogP contribution in [-0.2, 0) is 12.2 Å². The SMILES string of the molecule is CCc1nnc(CSc2nc3ccc(C)cc3[nH]2)o1. The molecule has 0 spiro atoms. The number of aryl methyl sites for hydroxylation is 2. The van der Waals surface area contributed by atoms with Crippen molar-refractivity contribution in [1.29, 1.82) is 0 Å². The largest absolute Gasteiger partial charge is 0.424 e. The maximum atomic E-state index is 5.46. The highest BCUT2D eigenvalue weighted by Crippen LogP contribution is 2.23. The average Bonchev–Trinajstić information content (AvgIpc) is 3.01. The van der Waals surface area contributed by atoms with E-state index in [0.717, 1.165) is 22.6 Å². The van der Waals surface area contributed by atoms with Gasteiger partial charge in [0.15, 0.2) is 5.16 Å². The number of nitrogens with one attached hydrogen (secondary N) is 1. The fourth-order valence-electron chi connectivity index (χ4n) is 1.79. The zero-order chi connectivity index (χ0) is 13.2. The van der Waals surface area contributed by atoms with E-state index in [1.165, 1.54) is 5.56 Å². The summed E-state index contributed by atoms with van der Waals surface area (Å²) in [6, 6.07) is 6.17. The number of benzene rings is 1. The highest BCUT2D eigenvalue weighted by molar-refractivity contribution is 7.98. The van der Waals surface area contributed by atoms with Gasteiger partial charge in [-0.1, -0.05) is 24.8 Å². The molecule has 0 aliphatic heterocycles. The lowest BCUT2D eigenvalue weighted by Gasteiger charge is -1.91. The molecule has 98 valence electrons. The van der Waals surface area contributed by atoms with E-state index in [9.17, 15) is 0 Å². The van der Waals surface area contributed by atoms with Crippen LogP contribution in [0.15, 0.2) is 27.8 Å². The maximum absolute atomic E-state index is 5.46. The van der Waals surface area contributed by atoms with Crippen molar-refractivity contribution in [2.75, 3.05) is 0 Å². The summed E-state index contributed by atoms with van der Waals surface area (Å²) in [4.78, 5) is 7.80. The molecule has 0 atom stereocenters. The van der Waals surface area contributed by atoms with Crippen molar-refractivity contribution in [3.8, 4) is 0 Å². The monoisotopic (exact) mass is 274 g/mol. The van der Waals surface area contributed by atoms with E-state index < -0.39 is 0 Å². The Labute approximate surface area is 114 Å². The lowest BCUT2D eigenvalue weighted by Crippen LogP contribution is -1.81. The number of imidazole rings is 1. The van der Waals surface area contributed by atoms with Gasteiger partial charge in [-0.25, -0.2) is 4.98 Å². The number of hydrogen-bond acceptors (Lipinski definition) is 5. The van der Waals surface area contributed by atoms with Crippen LogP contribution in [0.4, 0.5) is 0 Å². The Morgan fingerprint density at radius 1 is 1.26 bits per heavy atom. The van der Waals surface area contributed by atoms with Crippen LogP contribution in [0.2, 0.25) is 0 Å². The molecule has 0 aliphatic rings. The quantitative estimate of drug-likeness (QED) is 0.740. The van der Waals surface area contributed by atoms with E-state index in [2.05, 4.69) is 39.2 Å². The van der Waals surface area contributed by atoms with Crippen LogP contribution in [0.25, 0.3) is 11.0 Å². The molecule has 0 unspecified atom stereocenters. The zero-order valence-corrected chi connectivity index (χ0v) is 11.6. The van der Waals surface area contributed by atoms with Gasteiger partial charge in [-0.05, 0) is 24.6 Å². The summed E-state index contributed by atoms with van der Waals surface area (Å²) in [6.45, 7) is 4.06. The second kappa shape index (κ2) is 5.05. The Bertz CT molecular complexity index is 704. The molecule has 0 saturated heterocycles. The van der Waals surface area contributed by atoms with Crippen LogP contribution in [-0.4, -0.2) is 20.2 Å². The summed E-state index contributed by atoms with van der Waals surface area (Å²) in [6.07, 6.45) is 0.765. The summed E-state index contributed by atoms with van der Waals surface area (Å²) in [5.74, 6) is 1.94. The van der Waals surface area contributed by atoms with Crippen LogP contribution in [0, 0.1) is 6.92 Å². The number of rotatable bonds is 4. The molecule has 2 aromatic heterocycles. The van der Waals surface area contributed by atoms with Crippen molar-refractivity contribution in [2.24, 2.45) is 0 Å². The van der Waals surface area contributed by atoms with Gasteiger partial charge in [0.25, 0.3) is 0 Å². The fraction of sp³-hybridized carbons (Fsp3) is 0.308. The molecule has 0 saturated carbocycles. The first-order valence-corrected chi connectivity index (χ1v) is 7.13. The first-order valence-electron chi connectivity index (χ1n) is 6.15. The zero-order valence-electron chi connectivity index (χ0n) is 10.8. The minimum Gasteiger partial charge on any atom is -0.424 e. The molecule has 5 nitrogen and oxygen atoms in total. The molecule has 0 amide bonds. The van der Waals surface area contributed by atoms with Crippen LogP contribution in [0.1, 0.15) is 24.3 Å². The molecule has 19 heavy (non-hydrogen) atoms. The van der Waals surface area contributed by atoms with Crippen molar-refractivity contribution in [3.63, 3.8) is 0 Å². The van der Waals surface area contributed by atoms with Gasteiger partial charge in [0.1, 0.15) is 0 Å². The van der Waals surface area contributed by atoms with Crippen molar-refractivity contribution < 1.29 is 4.42 Å². The van der Waals surface area contributed by atoms with Crippen molar-refractivity contribution in [1.82, 2.24) is 20.2 Å². The minimum atomic E-state index is 0.631. The Morgan fingerprint density at radius 2 is 2.11 bits per heavy atom. The summed E-state index contributed by atoms with van der Waals surface area (Å²) in [7, 11) is 0. The molecule has 6 heteroatoms.